The molecule has 0 aliphatic heterocycles. The predicted octanol–water partition coefficient (Wildman–Crippen LogP) is 2.00. The van der Waals surface area contributed by atoms with Crippen LogP contribution < -0.4 is 5.56 Å². The zero-order valence-electron chi connectivity index (χ0n) is 9.81. The van der Waals surface area contributed by atoms with Crippen molar-refractivity contribution in [3.05, 3.63) is 52.4 Å². The molecule has 1 N–H and O–H groups in total. The second-order valence-corrected chi connectivity index (χ2v) is 4.18. The number of ketones is 1. The number of hydrogen-bond donors (Lipinski definition) is 1. The van der Waals surface area contributed by atoms with Crippen molar-refractivity contribution in [2.24, 2.45) is 5.92 Å². The molecule has 0 spiro atoms. The van der Waals surface area contributed by atoms with E-state index in [1.807, 2.05) is 30.3 Å². The van der Waals surface area contributed by atoms with E-state index in [-0.39, 0.29) is 22.8 Å². The summed E-state index contributed by atoms with van der Waals surface area (Å²) in [5.41, 5.74) is 0.638. The Morgan fingerprint density at radius 3 is 2.47 bits per heavy atom. The molecule has 4 nitrogen and oxygen atoms in total. The molecule has 1 heterocycles. The van der Waals surface area contributed by atoms with Crippen LogP contribution in [-0.4, -0.2) is 15.6 Å². The molecule has 0 saturated heterocycles. The first kappa shape index (κ1) is 11.4. The minimum atomic E-state index is -0.296. The summed E-state index contributed by atoms with van der Waals surface area (Å²) in [5.74, 6) is -0.316. The van der Waals surface area contributed by atoms with E-state index in [0.29, 0.717) is 0 Å². The number of para-hydroxylation sites is 1. The molecule has 17 heavy (non-hydrogen) atoms. The lowest BCUT2D eigenvalue weighted by molar-refractivity contribution is 0.0938. The number of carbonyl (C=O) groups is 1. The molecule has 0 unspecified atom stereocenters. The average molecular weight is 230 g/mol. The number of nitrogens with zero attached hydrogens (tertiary/aromatic N) is 1. The van der Waals surface area contributed by atoms with Crippen LogP contribution in [0.5, 0.6) is 0 Å². The molecule has 0 aliphatic carbocycles. The van der Waals surface area contributed by atoms with Gasteiger partial charge in [-0.2, -0.15) is 0 Å². The van der Waals surface area contributed by atoms with Gasteiger partial charge in [-0.1, -0.05) is 32.0 Å². The predicted molar refractivity (Wildman–Crippen MR) is 65.6 cm³/mol. The molecule has 0 fully saturated rings. The summed E-state index contributed by atoms with van der Waals surface area (Å²) in [4.78, 5) is 23.8. The van der Waals surface area contributed by atoms with Gasteiger partial charge < -0.3 is 0 Å². The van der Waals surface area contributed by atoms with Crippen LogP contribution in [0.15, 0.2) is 41.3 Å². The van der Waals surface area contributed by atoms with E-state index in [1.54, 1.807) is 13.8 Å². The third-order valence-electron chi connectivity index (χ3n) is 2.58. The standard InChI is InChI=1S/C13H14N2O2/c1-9(2)12(16)11-8-14-15(13(11)17)10-6-4-3-5-7-10/h3-9,14H,1-2H3. The Balaban J connectivity index is 2.48. The van der Waals surface area contributed by atoms with E-state index in [2.05, 4.69) is 5.10 Å². The van der Waals surface area contributed by atoms with Crippen molar-refractivity contribution >= 4 is 5.78 Å². The monoisotopic (exact) mass is 230 g/mol. The van der Waals surface area contributed by atoms with Gasteiger partial charge in [0.05, 0.1) is 5.69 Å². The minimum absolute atomic E-state index is 0.138. The summed E-state index contributed by atoms with van der Waals surface area (Å²) < 4.78 is 1.37. The zero-order valence-corrected chi connectivity index (χ0v) is 9.81. The van der Waals surface area contributed by atoms with Crippen LogP contribution in [0.1, 0.15) is 24.2 Å². The highest BCUT2D eigenvalue weighted by molar-refractivity contribution is 5.96. The summed E-state index contributed by atoms with van der Waals surface area (Å²) in [6.07, 6.45) is 1.47. The summed E-state index contributed by atoms with van der Waals surface area (Å²) in [6.45, 7) is 3.56. The average Bonchev–Trinajstić information content (AvgIpc) is 2.71. The quantitative estimate of drug-likeness (QED) is 0.820. The Bertz CT molecular complexity index is 579. The summed E-state index contributed by atoms with van der Waals surface area (Å²) >= 11 is 0. The molecule has 1 aromatic heterocycles. The summed E-state index contributed by atoms with van der Waals surface area (Å²) in [5, 5.41) is 2.81. The van der Waals surface area contributed by atoms with Crippen LogP contribution in [0.2, 0.25) is 0 Å². The van der Waals surface area contributed by atoms with Gasteiger partial charge in [0.25, 0.3) is 5.56 Å². The number of hydrogen-bond acceptors (Lipinski definition) is 2. The molecule has 0 bridgehead atoms. The maximum Gasteiger partial charge on any atom is 0.282 e. The third kappa shape index (κ3) is 2.06. The van der Waals surface area contributed by atoms with E-state index in [1.165, 1.54) is 10.9 Å². The van der Waals surface area contributed by atoms with Gasteiger partial charge in [-0.3, -0.25) is 14.7 Å². The molecule has 2 rings (SSSR count). The Morgan fingerprint density at radius 2 is 1.88 bits per heavy atom. The second-order valence-electron chi connectivity index (χ2n) is 4.18. The fourth-order valence-electron chi connectivity index (χ4n) is 1.63. The van der Waals surface area contributed by atoms with Gasteiger partial charge in [-0.25, -0.2) is 4.68 Å². The van der Waals surface area contributed by atoms with Gasteiger partial charge in [0, 0.05) is 12.1 Å². The molecule has 0 radical (unpaired) electrons. The number of aromatic nitrogens is 2. The first-order valence-electron chi connectivity index (χ1n) is 5.51. The molecule has 2 aromatic rings. The van der Waals surface area contributed by atoms with Crippen LogP contribution in [0.4, 0.5) is 0 Å². The van der Waals surface area contributed by atoms with Crippen molar-refractivity contribution in [1.29, 1.82) is 0 Å². The lowest BCUT2D eigenvalue weighted by Crippen LogP contribution is -2.22. The van der Waals surface area contributed by atoms with Gasteiger partial charge in [0.2, 0.25) is 0 Å². The summed E-state index contributed by atoms with van der Waals surface area (Å²) in [6, 6.07) is 9.17. The van der Waals surface area contributed by atoms with Crippen LogP contribution in [0, 0.1) is 5.92 Å². The van der Waals surface area contributed by atoms with E-state index in [4.69, 9.17) is 0 Å². The number of benzene rings is 1. The smallest absolute Gasteiger partial charge is 0.282 e. The SMILES string of the molecule is CC(C)C(=O)c1c[nH]n(-c2ccccc2)c1=O. The first-order valence-corrected chi connectivity index (χ1v) is 5.51. The topological polar surface area (TPSA) is 54.9 Å². The van der Waals surface area contributed by atoms with Gasteiger partial charge >= 0.3 is 0 Å². The Labute approximate surface area is 98.9 Å². The third-order valence-corrected chi connectivity index (χ3v) is 2.58. The van der Waals surface area contributed by atoms with Crippen molar-refractivity contribution in [1.82, 2.24) is 9.78 Å². The van der Waals surface area contributed by atoms with Gasteiger partial charge in [0.15, 0.2) is 5.78 Å². The highest BCUT2D eigenvalue weighted by Crippen LogP contribution is 2.06. The molecular formula is C13H14N2O2. The lowest BCUT2D eigenvalue weighted by Gasteiger charge is -2.00. The number of nitrogens with one attached hydrogen (secondary N) is 1. The number of H-pyrrole nitrogens is 1. The Kier molecular flexibility index (Phi) is 2.95. The van der Waals surface area contributed by atoms with Crippen molar-refractivity contribution in [2.45, 2.75) is 13.8 Å². The van der Waals surface area contributed by atoms with Crippen molar-refractivity contribution in [3.8, 4) is 5.69 Å². The number of carbonyl (C=O) groups excluding carboxylic acids is 1. The highest BCUT2D eigenvalue weighted by atomic mass is 16.2. The Hall–Kier alpha value is -2.10. The molecule has 0 saturated carbocycles. The molecule has 0 atom stereocenters. The summed E-state index contributed by atoms with van der Waals surface area (Å²) in [7, 11) is 0. The lowest BCUT2D eigenvalue weighted by atomic mass is 10.0. The fraction of sp³-hybridized carbons (Fsp3) is 0.231. The minimum Gasteiger partial charge on any atom is -0.297 e. The highest BCUT2D eigenvalue weighted by Gasteiger charge is 2.17. The number of aromatic amines is 1. The van der Waals surface area contributed by atoms with E-state index in [9.17, 15) is 9.59 Å². The maximum atomic E-state index is 12.0. The maximum absolute atomic E-state index is 12.0. The molecular weight excluding hydrogens is 216 g/mol. The van der Waals surface area contributed by atoms with Crippen LogP contribution in [0.3, 0.4) is 0 Å². The van der Waals surface area contributed by atoms with Crippen LogP contribution >= 0.6 is 0 Å². The van der Waals surface area contributed by atoms with E-state index >= 15 is 0 Å². The zero-order chi connectivity index (χ0) is 12.4. The fourth-order valence-corrected chi connectivity index (χ4v) is 1.63. The number of rotatable bonds is 3. The van der Waals surface area contributed by atoms with Crippen molar-refractivity contribution < 1.29 is 4.79 Å². The van der Waals surface area contributed by atoms with E-state index in [0.717, 1.165) is 5.69 Å². The molecule has 88 valence electrons. The molecule has 4 heteroatoms. The second kappa shape index (κ2) is 4.41. The molecule has 0 amide bonds. The van der Waals surface area contributed by atoms with Gasteiger partial charge in [-0.15, -0.1) is 0 Å². The van der Waals surface area contributed by atoms with Gasteiger partial charge in [-0.05, 0) is 12.1 Å². The first-order chi connectivity index (χ1) is 8.11. The largest absolute Gasteiger partial charge is 0.297 e. The Morgan fingerprint density at radius 1 is 1.24 bits per heavy atom. The van der Waals surface area contributed by atoms with Crippen LogP contribution in [0.25, 0.3) is 5.69 Å². The van der Waals surface area contributed by atoms with Gasteiger partial charge in [0.1, 0.15) is 5.56 Å². The van der Waals surface area contributed by atoms with Crippen molar-refractivity contribution in [2.75, 3.05) is 0 Å². The molecule has 1 aromatic carbocycles. The number of Topliss-reactive ketones (excluding diaryl/α,β-unsaturated/α-hetero) is 1. The molecule has 0 aliphatic rings. The van der Waals surface area contributed by atoms with Crippen LogP contribution in [-0.2, 0) is 0 Å². The van der Waals surface area contributed by atoms with E-state index < -0.39 is 0 Å². The normalized spacial score (nSPS) is 10.8. The van der Waals surface area contributed by atoms with Crippen molar-refractivity contribution in [3.63, 3.8) is 0 Å².